The lowest BCUT2D eigenvalue weighted by molar-refractivity contribution is -0.174. The van der Waals surface area contributed by atoms with Gasteiger partial charge >= 0.3 is 0 Å². The molecule has 0 spiro atoms. The van der Waals surface area contributed by atoms with Crippen LogP contribution in [0.3, 0.4) is 0 Å². The molecule has 9 nitrogen and oxygen atoms in total. The van der Waals surface area contributed by atoms with Gasteiger partial charge in [0.2, 0.25) is 5.78 Å². The number of Topliss-reactive ketones (excluding diaryl/α,β-unsaturated/α-hetero) is 4. The van der Waals surface area contributed by atoms with Crippen LogP contribution in [0.25, 0.3) is 0 Å². The number of hydrogen-bond donors (Lipinski definition) is 5. The van der Waals surface area contributed by atoms with E-state index < -0.39 is 80.4 Å². The normalized spacial score (nSPS) is 36.5. The maximum absolute atomic E-state index is 14.1. The van der Waals surface area contributed by atoms with Crippen LogP contribution in [0, 0.1) is 23.2 Å². The van der Waals surface area contributed by atoms with Gasteiger partial charge in [-0.15, -0.1) is 0 Å². The minimum absolute atomic E-state index is 0.0624. The summed E-state index contributed by atoms with van der Waals surface area (Å²) >= 11 is 0. The molecule has 4 aliphatic rings. The smallest absolute Gasteiger partial charge is 0.209 e. The SMILES string of the molecule is C/C=C/CCC(=O)C1=C(O)[C@]2(C)C(=O)C(C)(O)[C@H]1[C@H](C(=O)C1=C(O)C(C)=C(O)[C@@](C)(O)C1=O)[C@H]2/C=C/C. The zero-order chi connectivity index (χ0) is 28.2. The van der Waals surface area contributed by atoms with Crippen LogP contribution in [-0.4, -0.2) is 59.9 Å². The maximum Gasteiger partial charge on any atom is 0.209 e. The summed E-state index contributed by atoms with van der Waals surface area (Å²) < 4.78 is 0. The molecule has 9 heteroatoms. The minimum Gasteiger partial charge on any atom is -0.511 e. The van der Waals surface area contributed by atoms with Gasteiger partial charge in [-0.05, 0) is 48.0 Å². The molecule has 0 saturated heterocycles. The third-order valence-electron chi connectivity index (χ3n) is 8.11. The summed E-state index contributed by atoms with van der Waals surface area (Å²) in [6.07, 6.45) is 6.77. The molecule has 1 saturated carbocycles. The van der Waals surface area contributed by atoms with Crippen molar-refractivity contribution in [3.63, 3.8) is 0 Å². The number of fused-ring (bicyclic) bond motifs is 2. The van der Waals surface area contributed by atoms with E-state index in [2.05, 4.69) is 0 Å². The molecule has 1 unspecified atom stereocenters. The van der Waals surface area contributed by atoms with Crippen molar-refractivity contribution in [1.82, 2.24) is 0 Å². The van der Waals surface area contributed by atoms with Gasteiger partial charge in [0, 0.05) is 35.3 Å². The molecule has 5 N–H and O–H groups in total. The standard InChI is InChI=1S/C28H34O9/c1-7-9-10-12-15(29)17-19-16(14(11-8-2)26(4,23(17)33)25(35)27(19,5)36)21(31)18-20(30)13(3)22(32)28(6,37)24(18)34/h7-9,11,14,16,19,30,32-33,36-37H,10,12H2,1-6H3/b9-7+,11-8+/t14-,16-,19+,26-,27?,28-/m1/s1. The van der Waals surface area contributed by atoms with Gasteiger partial charge < -0.3 is 25.5 Å². The molecular weight excluding hydrogens is 480 g/mol. The Morgan fingerprint density at radius 2 is 1.57 bits per heavy atom. The summed E-state index contributed by atoms with van der Waals surface area (Å²) in [6.45, 7) is 8.10. The van der Waals surface area contributed by atoms with E-state index in [-0.39, 0.29) is 17.6 Å². The van der Waals surface area contributed by atoms with Crippen molar-refractivity contribution in [2.24, 2.45) is 23.2 Å². The fourth-order valence-electron chi connectivity index (χ4n) is 6.06. The monoisotopic (exact) mass is 514 g/mol. The fourth-order valence-corrected chi connectivity index (χ4v) is 6.06. The summed E-state index contributed by atoms with van der Waals surface area (Å²) in [5, 5.41) is 54.3. The molecule has 0 aromatic heterocycles. The Bertz CT molecular complexity index is 1240. The number of carbonyl (C=O) groups is 4. The Balaban J connectivity index is 2.33. The van der Waals surface area contributed by atoms with Crippen LogP contribution in [0.15, 0.2) is 58.3 Å². The average Bonchev–Trinajstić information content (AvgIpc) is 2.83. The molecule has 0 heterocycles. The minimum atomic E-state index is -2.50. The number of aliphatic hydroxyl groups excluding tert-OH is 3. The molecule has 0 aromatic rings. The van der Waals surface area contributed by atoms with E-state index in [9.17, 15) is 44.7 Å². The molecule has 2 bridgehead atoms. The van der Waals surface area contributed by atoms with Crippen LogP contribution in [0.5, 0.6) is 0 Å². The van der Waals surface area contributed by atoms with Crippen molar-refractivity contribution in [3.05, 3.63) is 58.3 Å². The van der Waals surface area contributed by atoms with Crippen LogP contribution < -0.4 is 0 Å². The maximum atomic E-state index is 14.1. The lowest BCUT2D eigenvalue weighted by Gasteiger charge is -2.57. The summed E-state index contributed by atoms with van der Waals surface area (Å²) in [6, 6.07) is 0. The van der Waals surface area contributed by atoms with E-state index in [1.54, 1.807) is 32.1 Å². The van der Waals surface area contributed by atoms with Gasteiger partial charge in [-0.2, -0.15) is 0 Å². The molecule has 4 aliphatic carbocycles. The van der Waals surface area contributed by atoms with E-state index in [4.69, 9.17) is 0 Å². The number of ketones is 4. The highest BCUT2D eigenvalue weighted by Gasteiger charge is 2.71. The molecule has 0 aromatic carbocycles. The molecule has 0 amide bonds. The van der Waals surface area contributed by atoms with Crippen LogP contribution >= 0.6 is 0 Å². The Labute approximate surface area is 215 Å². The highest BCUT2D eigenvalue weighted by atomic mass is 16.3. The zero-order valence-electron chi connectivity index (χ0n) is 21.8. The van der Waals surface area contributed by atoms with Crippen LogP contribution in [0.4, 0.5) is 0 Å². The highest BCUT2D eigenvalue weighted by molar-refractivity contribution is 6.26. The Morgan fingerprint density at radius 1 is 0.973 bits per heavy atom. The first kappa shape index (κ1) is 28.3. The molecule has 0 aliphatic heterocycles. The van der Waals surface area contributed by atoms with E-state index in [0.29, 0.717) is 6.42 Å². The molecule has 200 valence electrons. The van der Waals surface area contributed by atoms with Gasteiger partial charge in [-0.1, -0.05) is 24.3 Å². The number of carbonyl (C=O) groups excluding carboxylic acids is 4. The molecule has 6 atom stereocenters. The Hall–Kier alpha value is -3.30. The first-order valence-electron chi connectivity index (χ1n) is 12.2. The molecule has 1 fully saturated rings. The lowest BCUT2D eigenvalue weighted by Crippen LogP contribution is -2.69. The van der Waals surface area contributed by atoms with Crippen molar-refractivity contribution in [1.29, 1.82) is 0 Å². The summed E-state index contributed by atoms with van der Waals surface area (Å²) in [5.41, 5.74) is -8.02. The third-order valence-corrected chi connectivity index (χ3v) is 8.11. The van der Waals surface area contributed by atoms with Gasteiger partial charge in [0.1, 0.15) is 28.5 Å². The summed E-state index contributed by atoms with van der Waals surface area (Å²) in [7, 11) is 0. The second-order valence-electron chi connectivity index (χ2n) is 10.5. The van der Waals surface area contributed by atoms with Crippen molar-refractivity contribution in [2.45, 2.75) is 65.6 Å². The highest BCUT2D eigenvalue weighted by Crippen LogP contribution is 2.61. The van der Waals surface area contributed by atoms with Crippen LogP contribution in [0.2, 0.25) is 0 Å². The van der Waals surface area contributed by atoms with E-state index in [1.807, 2.05) is 0 Å². The lowest BCUT2D eigenvalue weighted by atomic mass is 9.44. The zero-order valence-corrected chi connectivity index (χ0v) is 21.8. The molecule has 37 heavy (non-hydrogen) atoms. The van der Waals surface area contributed by atoms with Gasteiger partial charge in [-0.25, -0.2) is 0 Å². The number of hydrogen-bond acceptors (Lipinski definition) is 9. The predicted molar refractivity (Wildman–Crippen MR) is 133 cm³/mol. The molecule has 0 radical (unpaired) electrons. The first-order valence-corrected chi connectivity index (χ1v) is 12.2. The largest absolute Gasteiger partial charge is 0.511 e. The molecule has 4 rings (SSSR count). The van der Waals surface area contributed by atoms with Gasteiger partial charge in [-0.3, -0.25) is 19.2 Å². The average molecular weight is 515 g/mol. The number of aliphatic hydroxyl groups is 5. The summed E-state index contributed by atoms with van der Waals surface area (Å²) in [4.78, 5) is 54.1. The van der Waals surface area contributed by atoms with Crippen LogP contribution in [0.1, 0.15) is 54.4 Å². The Morgan fingerprint density at radius 3 is 2.11 bits per heavy atom. The topological polar surface area (TPSA) is 169 Å². The van der Waals surface area contributed by atoms with E-state index in [0.717, 1.165) is 6.92 Å². The second-order valence-corrected chi connectivity index (χ2v) is 10.5. The summed E-state index contributed by atoms with van der Waals surface area (Å²) in [5.74, 6) is -9.87. The van der Waals surface area contributed by atoms with Gasteiger partial charge in [0.15, 0.2) is 23.0 Å². The Kier molecular flexibility index (Phi) is 7.05. The van der Waals surface area contributed by atoms with Crippen molar-refractivity contribution in [2.75, 3.05) is 0 Å². The number of allylic oxidation sites excluding steroid dienone is 6. The van der Waals surface area contributed by atoms with Crippen molar-refractivity contribution in [3.8, 4) is 0 Å². The first-order chi connectivity index (χ1) is 17.0. The van der Waals surface area contributed by atoms with Crippen molar-refractivity contribution < 1.29 is 44.7 Å². The van der Waals surface area contributed by atoms with E-state index in [1.165, 1.54) is 26.8 Å². The van der Waals surface area contributed by atoms with E-state index >= 15 is 0 Å². The quantitative estimate of drug-likeness (QED) is 0.253. The van der Waals surface area contributed by atoms with Crippen LogP contribution in [-0.2, 0) is 19.2 Å². The van der Waals surface area contributed by atoms with Gasteiger partial charge in [0.25, 0.3) is 0 Å². The van der Waals surface area contributed by atoms with Crippen molar-refractivity contribution >= 4 is 23.1 Å². The predicted octanol–water partition coefficient (Wildman–Crippen LogP) is 3.05. The fraction of sp³-hybridized carbons (Fsp3) is 0.500. The second kappa shape index (κ2) is 9.22. The third kappa shape index (κ3) is 3.75. The van der Waals surface area contributed by atoms with Gasteiger partial charge in [0.05, 0.1) is 5.41 Å². The number of rotatable bonds is 7. The molecular formula is C28H34O9.